The van der Waals surface area contributed by atoms with E-state index in [1.54, 1.807) is 12.0 Å². The van der Waals surface area contributed by atoms with Gasteiger partial charge in [-0.25, -0.2) is 0 Å². The van der Waals surface area contributed by atoms with Crippen LogP contribution in [0.25, 0.3) is 0 Å². The van der Waals surface area contributed by atoms with Gasteiger partial charge in [-0.3, -0.25) is 4.79 Å². The maximum atomic E-state index is 12.1. The van der Waals surface area contributed by atoms with Crippen LogP contribution in [0.1, 0.15) is 24.8 Å². The van der Waals surface area contributed by atoms with Crippen LogP contribution in [0.3, 0.4) is 0 Å². The van der Waals surface area contributed by atoms with Crippen molar-refractivity contribution < 1.29 is 24.1 Å². The van der Waals surface area contributed by atoms with Crippen LogP contribution in [0.15, 0.2) is 24.3 Å². The van der Waals surface area contributed by atoms with E-state index in [2.05, 4.69) is 6.07 Å². The first-order chi connectivity index (χ1) is 11.6. The van der Waals surface area contributed by atoms with Crippen molar-refractivity contribution in [1.82, 2.24) is 4.90 Å². The molecular formula is C18H25NO5. The van der Waals surface area contributed by atoms with Gasteiger partial charge in [-0.2, -0.15) is 0 Å². The Balaban J connectivity index is 1.68. The zero-order valence-electron chi connectivity index (χ0n) is 14.2. The fourth-order valence-electron chi connectivity index (χ4n) is 3.59. The van der Waals surface area contributed by atoms with E-state index in [0.717, 1.165) is 11.3 Å². The molecule has 0 unspecified atom stereocenters. The summed E-state index contributed by atoms with van der Waals surface area (Å²) in [5.74, 6) is 0.909. The number of nitrogens with zero attached hydrogens (tertiary/aromatic N) is 1. The number of β-amino-alcohol motifs (C(OH)–C–C–N with tert-alkyl or cyclic N) is 1. The third kappa shape index (κ3) is 3.27. The fraction of sp³-hybridized carbons (Fsp3) is 0.611. The standard InChI is InChI=1S/C18H25NO5/c1-3-23-11-17(21)19-9-16(20)18(12-19)8-14(10-24-18)13-5-4-6-15(7-13)22-2/h4-7,14,16,20H,3,8-12H2,1-2H3/t14-,16-,18-/m1/s1. The van der Waals surface area contributed by atoms with Crippen LogP contribution < -0.4 is 4.74 Å². The number of benzene rings is 1. The monoisotopic (exact) mass is 335 g/mol. The maximum Gasteiger partial charge on any atom is 0.248 e. The quantitative estimate of drug-likeness (QED) is 0.875. The Bertz CT molecular complexity index is 593. The molecule has 24 heavy (non-hydrogen) atoms. The number of hydrogen-bond acceptors (Lipinski definition) is 5. The van der Waals surface area contributed by atoms with Gasteiger partial charge in [0.2, 0.25) is 5.91 Å². The Kier molecular flexibility index (Phi) is 5.08. The molecule has 1 aromatic carbocycles. The topological polar surface area (TPSA) is 68.2 Å². The van der Waals surface area contributed by atoms with Gasteiger partial charge in [0, 0.05) is 19.1 Å². The molecule has 1 N–H and O–H groups in total. The highest BCUT2D eigenvalue weighted by Crippen LogP contribution is 2.42. The Labute approximate surface area is 142 Å². The van der Waals surface area contributed by atoms with Gasteiger partial charge in [0.15, 0.2) is 0 Å². The molecule has 0 radical (unpaired) electrons. The lowest BCUT2D eigenvalue weighted by Gasteiger charge is -2.26. The summed E-state index contributed by atoms with van der Waals surface area (Å²) in [6.07, 6.45) is 0.0263. The van der Waals surface area contributed by atoms with Crippen LogP contribution in [0.2, 0.25) is 0 Å². The van der Waals surface area contributed by atoms with Crippen LogP contribution in [0.4, 0.5) is 0 Å². The van der Waals surface area contributed by atoms with E-state index >= 15 is 0 Å². The van der Waals surface area contributed by atoms with Gasteiger partial charge in [-0.1, -0.05) is 12.1 Å². The largest absolute Gasteiger partial charge is 0.497 e. The molecule has 132 valence electrons. The second kappa shape index (κ2) is 7.09. The summed E-state index contributed by atoms with van der Waals surface area (Å²) in [5.41, 5.74) is 0.466. The molecule has 2 aliphatic heterocycles. The SMILES string of the molecule is CCOCC(=O)N1C[C@@H](O)[C@@]2(C[C@@H](c3cccc(OC)c3)CO2)C1. The summed E-state index contributed by atoms with van der Waals surface area (Å²) in [7, 11) is 1.65. The number of methoxy groups -OCH3 is 1. The van der Waals surface area contributed by atoms with Crippen LogP contribution >= 0.6 is 0 Å². The van der Waals surface area contributed by atoms with Crippen LogP contribution in [-0.4, -0.2) is 67.6 Å². The lowest BCUT2D eigenvalue weighted by atomic mass is 9.87. The van der Waals surface area contributed by atoms with Crippen molar-refractivity contribution in [3.8, 4) is 5.75 Å². The number of aliphatic hydroxyl groups excluding tert-OH is 1. The first-order valence-corrected chi connectivity index (χ1v) is 8.39. The molecule has 1 aromatic rings. The predicted octanol–water partition coefficient (Wildman–Crippen LogP) is 1.18. The van der Waals surface area contributed by atoms with Crippen molar-refractivity contribution >= 4 is 5.91 Å². The van der Waals surface area contributed by atoms with Gasteiger partial charge in [0.25, 0.3) is 0 Å². The fourth-order valence-corrected chi connectivity index (χ4v) is 3.59. The third-order valence-electron chi connectivity index (χ3n) is 4.97. The van der Waals surface area contributed by atoms with Crippen LogP contribution in [0, 0.1) is 0 Å². The van der Waals surface area contributed by atoms with Gasteiger partial charge >= 0.3 is 0 Å². The van der Waals surface area contributed by atoms with Crippen molar-refractivity contribution in [2.24, 2.45) is 0 Å². The lowest BCUT2D eigenvalue weighted by molar-refractivity contribution is -0.136. The van der Waals surface area contributed by atoms with Crippen LogP contribution in [0.5, 0.6) is 5.75 Å². The second-order valence-corrected chi connectivity index (χ2v) is 6.48. The number of rotatable bonds is 5. The molecule has 2 saturated heterocycles. The summed E-state index contributed by atoms with van der Waals surface area (Å²) >= 11 is 0. The van der Waals surface area contributed by atoms with Gasteiger partial charge in [0.05, 0.1) is 20.3 Å². The number of ether oxygens (including phenoxy) is 3. The smallest absolute Gasteiger partial charge is 0.248 e. The van der Waals surface area contributed by atoms with Crippen molar-refractivity contribution in [1.29, 1.82) is 0 Å². The van der Waals surface area contributed by atoms with Gasteiger partial charge in [-0.05, 0) is 31.0 Å². The van der Waals surface area contributed by atoms with Crippen molar-refractivity contribution in [3.63, 3.8) is 0 Å². The minimum Gasteiger partial charge on any atom is -0.497 e. The van der Waals surface area contributed by atoms with Gasteiger partial charge in [0.1, 0.15) is 24.1 Å². The van der Waals surface area contributed by atoms with Crippen molar-refractivity contribution in [2.75, 3.05) is 40.0 Å². The van der Waals surface area contributed by atoms with E-state index in [4.69, 9.17) is 14.2 Å². The summed E-state index contributed by atoms with van der Waals surface area (Å²) in [4.78, 5) is 13.8. The van der Waals surface area contributed by atoms with E-state index in [1.165, 1.54) is 0 Å². The van der Waals surface area contributed by atoms with E-state index in [0.29, 0.717) is 32.7 Å². The minimum absolute atomic E-state index is 0.0542. The molecule has 6 nitrogen and oxygen atoms in total. The van der Waals surface area contributed by atoms with E-state index in [1.807, 2.05) is 25.1 Å². The van der Waals surface area contributed by atoms with Crippen molar-refractivity contribution in [2.45, 2.75) is 31.0 Å². The second-order valence-electron chi connectivity index (χ2n) is 6.48. The molecule has 1 spiro atoms. The number of aliphatic hydroxyl groups is 1. The third-order valence-corrected chi connectivity index (χ3v) is 4.97. The molecule has 2 aliphatic rings. The average Bonchev–Trinajstić information content (AvgIpc) is 3.18. The summed E-state index contributed by atoms with van der Waals surface area (Å²) in [5, 5.41) is 10.5. The summed E-state index contributed by atoms with van der Waals surface area (Å²) < 4.78 is 16.5. The highest BCUT2D eigenvalue weighted by atomic mass is 16.5. The molecule has 3 rings (SSSR count). The highest BCUT2D eigenvalue weighted by Gasteiger charge is 2.53. The number of hydrogen-bond donors (Lipinski definition) is 1. The molecule has 2 fully saturated rings. The molecule has 1 amide bonds. The number of carbonyl (C=O) groups excluding carboxylic acids is 1. The molecule has 0 aromatic heterocycles. The molecule has 0 saturated carbocycles. The first kappa shape index (κ1) is 17.2. The Morgan fingerprint density at radius 2 is 2.33 bits per heavy atom. The Morgan fingerprint density at radius 3 is 3.08 bits per heavy atom. The van der Waals surface area contributed by atoms with E-state index < -0.39 is 11.7 Å². The van der Waals surface area contributed by atoms with Crippen LogP contribution in [-0.2, 0) is 14.3 Å². The highest BCUT2D eigenvalue weighted by molar-refractivity contribution is 5.78. The maximum absolute atomic E-state index is 12.1. The zero-order valence-corrected chi connectivity index (χ0v) is 14.2. The molecule has 3 atom stereocenters. The van der Waals surface area contributed by atoms with Crippen molar-refractivity contribution in [3.05, 3.63) is 29.8 Å². The number of carbonyl (C=O) groups is 1. The first-order valence-electron chi connectivity index (χ1n) is 8.39. The lowest BCUT2D eigenvalue weighted by Crippen LogP contribution is -2.41. The molecule has 6 heteroatoms. The molecule has 0 bridgehead atoms. The molecule has 0 aliphatic carbocycles. The Hall–Kier alpha value is -1.63. The Morgan fingerprint density at radius 1 is 1.50 bits per heavy atom. The van der Waals surface area contributed by atoms with E-state index in [-0.39, 0.29) is 18.4 Å². The minimum atomic E-state index is -0.671. The normalized spacial score (nSPS) is 29.4. The summed E-state index contributed by atoms with van der Waals surface area (Å²) in [6.45, 7) is 3.67. The van der Waals surface area contributed by atoms with Gasteiger partial charge < -0.3 is 24.2 Å². The molecule has 2 heterocycles. The predicted molar refractivity (Wildman–Crippen MR) is 88.1 cm³/mol. The summed E-state index contributed by atoms with van der Waals surface area (Å²) in [6, 6.07) is 7.93. The average molecular weight is 335 g/mol. The van der Waals surface area contributed by atoms with E-state index in [9.17, 15) is 9.90 Å². The number of likely N-dealkylation sites (tertiary alicyclic amines) is 1. The zero-order chi connectivity index (χ0) is 17.2. The van der Waals surface area contributed by atoms with Gasteiger partial charge in [-0.15, -0.1) is 0 Å². The number of amides is 1. The molecular weight excluding hydrogens is 310 g/mol.